The van der Waals surface area contributed by atoms with E-state index in [-0.39, 0.29) is 11.7 Å². The van der Waals surface area contributed by atoms with Crippen LogP contribution in [0.2, 0.25) is 0 Å². The number of hydrogen-bond acceptors (Lipinski definition) is 7. The van der Waals surface area contributed by atoms with Gasteiger partial charge in [-0.15, -0.1) is 0 Å². The summed E-state index contributed by atoms with van der Waals surface area (Å²) in [6, 6.07) is 17.0. The maximum absolute atomic E-state index is 13.6. The Morgan fingerprint density at radius 2 is 1.41 bits per heavy atom. The first-order chi connectivity index (χ1) is 15.6. The Morgan fingerprint density at radius 3 is 1.94 bits per heavy atom. The van der Waals surface area contributed by atoms with Crippen LogP contribution in [0, 0.1) is 27.9 Å². The van der Waals surface area contributed by atoms with Crippen molar-refractivity contribution in [3.8, 4) is 0 Å². The van der Waals surface area contributed by atoms with Crippen molar-refractivity contribution in [2.45, 2.75) is 50.1 Å². The van der Waals surface area contributed by atoms with Crippen molar-refractivity contribution in [3.63, 3.8) is 0 Å². The fraction of sp³-hybridized carbons (Fsp3) is 0.400. The van der Waals surface area contributed by atoms with E-state index in [0.717, 1.165) is 24.0 Å². The lowest BCUT2D eigenvalue weighted by Crippen LogP contribution is -2.46. The van der Waals surface area contributed by atoms with E-state index in [2.05, 4.69) is 39.6 Å². The summed E-state index contributed by atoms with van der Waals surface area (Å²) >= 11 is 0. The van der Waals surface area contributed by atoms with Crippen molar-refractivity contribution < 1.29 is 4.79 Å². The van der Waals surface area contributed by atoms with Crippen LogP contribution >= 0.6 is 0 Å². The zero-order valence-electron chi connectivity index (χ0n) is 17.8. The molecule has 1 atom stereocenters. The number of rotatable bonds is 5. The molecule has 3 N–H and O–H groups in total. The van der Waals surface area contributed by atoms with Crippen molar-refractivity contribution in [2.75, 3.05) is 0 Å². The van der Waals surface area contributed by atoms with Crippen LogP contribution in [0.1, 0.15) is 42.4 Å². The second kappa shape index (κ2) is 7.65. The Balaban J connectivity index is 1.51. The summed E-state index contributed by atoms with van der Waals surface area (Å²) in [7, 11) is 0. The predicted octanol–water partition coefficient (Wildman–Crippen LogP) is 6.16. The van der Waals surface area contributed by atoms with Gasteiger partial charge in [0.25, 0.3) is 0 Å². The van der Waals surface area contributed by atoms with Crippen molar-refractivity contribution in [3.05, 3.63) is 77.0 Å². The molecule has 0 radical (unpaired) electrons. The van der Waals surface area contributed by atoms with Crippen LogP contribution in [0.25, 0.3) is 5.57 Å². The maximum atomic E-state index is 13.6. The summed E-state index contributed by atoms with van der Waals surface area (Å²) < 4.78 is 0. The molecule has 0 heterocycles. The van der Waals surface area contributed by atoms with Gasteiger partial charge in [0.1, 0.15) is 5.70 Å². The lowest BCUT2D eigenvalue weighted by molar-refractivity contribution is -0.127. The minimum absolute atomic E-state index is 0.134. The highest BCUT2D eigenvalue weighted by Gasteiger charge is 2.59. The third-order valence-corrected chi connectivity index (χ3v) is 8.03. The van der Waals surface area contributed by atoms with E-state index in [9.17, 15) is 4.79 Å². The Labute approximate surface area is 186 Å². The van der Waals surface area contributed by atoms with E-state index >= 15 is 0 Å². The van der Waals surface area contributed by atoms with Crippen molar-refractivity contribution >= 4 is 11.4 Å². The van der Waals surface area contributed by atoms with Crippen LogP contribution in [-0.4, -0.2) is 17.4 Å². The fourth-order valence-corrected chi connectivity index (χ4v) is 6.31. The van der Waals surface area contributed by atoms with Gasteiger partial charge in [-0.25, -0.2) is 16.6 Å². The third-order valence-electron chi connectivity index (χ3n) is 8.03. The molecule has 0 bridgehead atoms. The molecule has 162 valence electrons. The summed E-state index contributed by atoms with van der Waals surface area (Å²) in [5, 5.41) is 11.5. The largest absolute Gasteiger partial charge is 0.296 e. The number of nitrogens with one attached hydrogen (secondary N) is 3. The molecule has 3 aliphatic carbocycles. The molecule has 7 nitrogen and oxygen atoms in total. The van der Waals surface area contributed by atoms with Gasteiger partial charge in [-0.05, 0) is 66.7 Å². The van der Waals surface area contributed by atoms with Gasteiger partial charge in [0.05, 0.1) is 11.0 Å². The number of carbonyl (C=O) groups is 1. The standard InChI is InChI=1S/C25H26N6O/c26-29-21-20(16-6-2-1-3-7-16)24(23(32)22(21)30-27)10-12-25(31-28,13-11-24)19-14-17-8-4-5-9-18(17)15-19/h1-9,19,22,26-28H,10-15H2. The van der Waals surface area contributed by atoms with Crippen molar-refractivity contribution in [1.29, 1.82) is 16.6 Å². The summed E-state index contributed by atoms with van der Waals surface area (Å²) in [5.41, 5.74) is 26.8. The second-order valence-corrected chi connectivity index (χ2v) is 9.31. The zero-order valence-corrected chi connectivity index (χ0v) is 17.8. The zero-order chi connectivity index (χ0) is 22.3. The first kappa shape index (κ1) is 20.5. The molecule has 0 saturated heterocycles. The average Bonchev–Trinajstić information content (AvgIpc) is 3.38. The van der Waals surface area contributed by atoms with E-state index in [0.29, 0.717) is 31.4 Å². The molecule has 1 fully saturated rings. The number of benzene rings is 2. The molecular formula is C25H26N6O. The van der Waals surface area contributed by atoms with Gasteiger partial charge in [-0.2, -0.15) is 15.3 Å². The molecule has 0 aromatic heterocycles. The minimum atomic E-state index is -1.01. The van der Waals surface area contributed by atoms with E-state index < -0.39 is 17.0 Å². The predicted molar refractivity (Wildman–Crippen MR) is 119 cm³/mol. The SMILES string of the molecule is N=NC1=C(c2ccccc2)C2(CCC(N=N)(C3Cc4ccccc4C3)CC2)C(=O)C1N=N. The number of hydrogen-bond donors (Lipinski definition) is 3. The summed E-state index contributed by atoms with van der Waals surface area (Å²) in [6.45, 7) is 0. The number of allylic oxidation sites excluding steroid dienone is 1. The van der Waals surface area contributed by atoms with E-state index in [4.69, 9.17) is 16.6 Å². The molecule has 1 saturated carbocycles. The first-order valence-corrected chi connectivity index (χ1v) is 11.1. The van der Waals surface area contributed by atoms with Crippen LogP contribution in [-0.2, 0) is 17.6 Å². The van der Waals surface area contributed by atoms with Crippen LogP contribution in [0.3, 0.4) is 0 Å². The number of ketones is 1. The van der Waals surface area contributed by atoms with Gasteiger partial charge in [0.2, 0.25) is 0 Å². The van der Waals surface area contributed by atoms with Gasteiger partial charge >= 0.3 is 0 Å². The Hall–Kier alpha value is -3.35. The highest BCUT2D eigenvalue weighted by Crippen LogP contribution is 2.59. The molecule has 7 heteroatoms. The molecule has 1 spiro atoms. The molecule has 2 aromatic carbocycles. The lowest BCUT2D eigenvalue weighted by atomic mass is 9.59. The third kappa shape index (κ3) is 2.83. The molecule has 2 aromatic rings. The van der Waals surface area contributed by atoms with Gasteiger partial charge in [-0.1, -0.05) is 54.6 Å². The van der Waals surface area contributed by atoms with E-state index in [1.165, 1.54) is 11.1 Å². The lowest BCUT2D eigenvalue weighted by Gasteiger charge is -2.45. The molecule has 1 unspecified atom stereocenters. The average molecular weight is 427 g/mol. The Morgan fingerprint density at radius 1 is 0.812 bits per heavy atom. The molecular weight excluding hydrogens is 400 g/mol. The van der Waals surface area contributed by atoms with Crippen LogP contribution < -0.4 is 0 Å². The number of Topliss-reactive ketones (excluding diaryl/α,β-unsaturated/α-hetero) is 1. The second-order valence-electron chi connectivity index (χ2n) is 9.31. The quantitative estimate of drug-likeness (QED) is 0.487. The molecule has 0 amide bonds. The highest BCUT2D eigenvalue weighted by molar-refractivity contribution is 6.09. The number of nitrogens with zero attached hydrogens (tertiary/aromatic N) is 3. The van der Waals surface area contributed by atoms with Gasteiger partial charge in [-0.3, -0.25) is 4.79 Å². The molecule has 32 heavy (non-hydrogen) atoms. The van der Waals surface area contributed by atoms with Crippen molar-refractivity contribution in [2.24, 2.45) is 26.7 Å². The van der Waals surface area contributed by atoms with Gasteiger partial charge in [0, 0.05) is 0 Å². The number of carbonyl (C=O) groups excluding carboxylic acids is 1. The van der Waals surface area contributed by atoms with Crippen molar-refractivity contribution in [1.82, 2.24) is 0 Å². The molecule has 0 aliphatic heterocycles. The van der Waals surface area contributed by atoms with E-state index in [1.807, 2.05) is 30.3 Å². The number of fused-ring (bicyclic) bond motifs is 1. The highest BCUT2D eigenvalue weighted by atomic mass is 16.1. The summed E-state index contributed by atoms with van der Waals surface area (Å²) in [6.07, 6.45) is 4.17. The first-order valence-electron chi connectivity index (χ1n) is 11.1. The van der Waals surface area contributed by atoms with Crippen LogP contribution in [0.4, 0.5) is 0 Å². The van der Waals surface area contributed by atoms with Crippen LogP contribution in [0.5, 0.6) is 0 Å². The Bertz CT molecular complexity index is 1110. The Kier molecular flexibility index (Phi) is 4.92. The minimum Gasteiger partial charge on any atom is -0.296 e. The maximum Gasteiger partial charge on any atom is 0.175 e. The van der Waals surface area contributed by atoms with Gasteiger partial charge in [0.15, 0.2) is 11.8 Å². The normalized spacial score (nSPS) is 29.9. The smallest absolute Gasteiger partial charge is 0.175 e. The summed E-state index contributed by atoms with van der Waals surface area (Å²) in [5.74, 6) is 0.123. The van der Waals surface area contributed by atoms with Crippen LogP contribution in [0.15, 0.2) is 75.6 Å². The van der Waals surface area contributed by atoms with Gasteiger partial charge < -0.3 is 0 Å². The molecule has 3 aliphatic rings. The topological polar surface area (TPSA) is 126 Å². The monoisotopic (exact) mass is 426 g/mol. The summed E-state index contributed by atoms with van der Waals surface area (Å²) in [4.78, 5) is 13.6. The van der Waals surface area contributed by atoms with E-state index in [1.54, 1.807) is 0 Å². The molecule has 5 rings (SSSR count). The fourth-order valence-electron chi connectivity index (χ4n) is 6.31.